The van der Waals surface area contributed by atoms with Gasteiger partial charge in [-0.1, -0.05) is 13.3 Å². The average molecular weight is 327 g/mol. The van der Waals surface area contributed by atoms with Gasteiger partial charge >= 0.3 is 0 Å². The maximum absolute atomic E-state index is 8.36. The third-order valence-corrected chi connectivity index (χ3v) is 0.590. The number of hydrogen-bond acceptors (Lipinski definition) is 2. The summed E-state index contributed by atoms with van der Waals surface area (Å²) >= 11 is 0. The van der Waals surface area contributed by atoms with Crippen LogP contribution in [0.4, 0.5) is 0 Å². The van der Waals surface area contributed by atoms with Crippen LogP contribution in [-0.2, 0) is 0 Å². The van der Waals surface area contributed by atoms with Crippen LogP contribution < -0.4 is 0 Å². The number of aliphatic hydroxyl groups is 2. The molecule has 0 heterocycles. The molecule has 0 radical (unpaired) electrons. The first-order chi connectivity index (χ1) is 2.81. The van der Waals surface area contributed by atoms with E-state index < -0.39 is 6.10 Å². The van der Waals surface area contributed by atoms with E-state index in [0.29, 0.717) is 6.42 Å². The molecule has 0 aliphatic rings. The van der Waals surface area contributed by atoms with Crippen LogP contribution in [0.2, 0.25) is 0 Å². The zero-order chi connectivity index (χ0) is 4.99. The Kier molecular flexibility index (Phi) is 10.8. The van der Waals surface area contributed by atoms with Gasteiger partial charge in [-0.05, 0) is 6.10 Å². The quantitative estimate of drug-likeness (QED) is 0.716. The Bertz CT molecular complexity index is 28.9. The molecule has 0 aliphatic carbocycles. The van der Waals surface area contributed by atoms with E-state index in [4.69, 9.17) is 10.2 Å². The second-order valence-corrected chi connectivity index (χ2v) is 1.12. The first kappa shape index (κ1) is 10.9. The van der Waals surface area contributed by atoms with Crippen molar-refractivity contribution in [2.75, 3.05) is 0 Å². The molecule has 0 aromatic carbocycles. The minimum Gasteiger partial charge on any atom is -0.564 e. The van der Waals surface area contributed by atoms with Crippen molar-refractivity contribution in [3.63, 3.8) is 0 Å². The van der Waals surface area contributed by atoms with Gasteiger partial charge in [-0.2, -0.15) is 6.61 Å². The summed E-state index contributed by atoms with van der Waals surface area (Å²) in [4.78, 5) is 0. The molecule has 0 spiro atoms. The zero-order valence-electron chi connectivity index (χ0n) is 4.26. The molecule has 0 amide bonds. The Morgan fingerprint density at radius 3 is 2.14 bits per heavy atom. The van der Waals surface area contributed by atoms with Gasteiger partial charge in [0, 0.05) is 31.1 Å². The third kappa shape index (κ3) is 6.97. The topological polar surface area (TPSA) is 40.5 Å². The maximum Gasteiger partial charge on any atom is 0 e. The van der Waals surface area contributed by atoms with Crippen LogP contribution in [0.1, 0.15) is 13.3 Å². The predicted molar refractivity (Wildman–Crippen MR) is 22.5 cm³/mol. The zero-order valence-corrected chi connectivity index (χ0v) is 8.42. The minimum atomic E-state index is -0.634. The van der Waals surface area contributed by atoms with Crippen molar-refractivity contribution < 1.29 is 41.3 Å². The van der Waals surface area contributed by atoms with Crippen LogP contribution in [0.25, 0.3) is 0 Å². The van der Waals surface area contributed by atoms with Crippen molar-refractivity contribution in [1.82, 2.24) is 0 Å². The second-order valence-electron chi connectivity index (χ2n) is 1.12. The predicted octanol–water partition coefficient (Wildman–Crippen LogP) is 0.292. The van der Waals surface area contributed by atoms with Crippen molar-refractivity contribution >= 4 is 0 Å². The van der Waals surface area contributed by atoms with Gasteiger partial charge in [0.2, 0.25) is 0 Å². The summed E-state index contributed by atoms with van der Waals surface area (Å²) in [5, 5.41) is 16.3. The summed E-state index contributed by atoms with van der Waals surface area (Å²) in [6, 6.07) is 0. The van der Waals surface area contributed by atoms with Gasteiger partial charge in [-0.15, -0.1) is 0 Å². The van der Waals surface area contributed by atoms with E-state index in [2.05, 4.69) is 0 Å². The van der Waals surface area contributed by atoms with Crippen LogP contribution in [0.5, 0.6) is 0 Å². The first-order valence-corrected chi connectivity index (χ1v) is 1.97. The van der Waals surface area contributed by atoms with Crippen molar-refractivity contribution in [3.8, 4) is 0 Å². The van der Waals surface area contributed by atoms with Crippen LogP contribution in [-0.4, -0.2) is 16.3 Å². The van der Waals surface area contributed by atoms with Gasteiger partial charge < -0.3 is 10.2 Å². The van der Waals surface area contributed by atoms with E-state index in [9.17, 15) is 0 Å². The Labute approximate surface area is 67.3 Å². The number of rotatable bonds is 2. The average Bonchev–Trinajstić information content (AvgIpc) is 1.65. The van der Waals surface area contributed by atoms with Crippen LogP contribution >= 0.6 is 0 Å². The number of aliphatic hydroxyl groups excluding tert-OH is 2. The molecular formula is C4H9O2U-. The van der Waals surface area contributed by atoms with Crippen molar-refractivity contribution in [2.24, 2.45) is 0 Å². The monoisotopic (exact) mass is 327 g/mol. The fourth-order valence-corrected chi connectivity index (χ4v) is 0.105. The van der Waals surface area contributed by atoms with E-state index in [-0.39, 0.29) is 31.1 Å². The van der Waals surface area contributed by atoms with Gasteiger partial charge in [0.15, 0.2) is 0 Å². The van der Waals surface area contributed by atoms with E-state index in [0.717, 1.165) is 6.61 Å². The van der Waals surface area contributed by atoms with E-state index >= 15 is 0 Å². The summed E-state index contributed by atoms with van der Waals surface area (Å²) in [7, 11) is 0. The fourth-order valence-electron chi connectivity index (χ4n) is 0.105. The molecule has 2 nitrogen and oxygen atoms in total. The van der Waals surface area contributed by atoms with Crippen molar-refractivity contribution in [1.29, 1.82) is 0 Å². The van der Waals surface area contributed by atoms with Gasteiger partial charge in [0.1, 0.15) is 0 Å². The fraction of sp³-hybridized carbons (Fsp3) is 0.750. The first-order valence-electron chi connectivity index (χ1n) is 1.97. The molecule has 0 rings (SSSR count). The van der Waals surface area contributed by atoms with Crippen molar-refractivity contribution in [3.05, 3.63) is 6.61 Å². The third-order valence-electron chi connectivity index (χ3n) is 0.590. The second kappa shape index (κ2) is 6.97. The van der Waals surface area contributed by atoms with E-state index in [1.54, 1.807) is 6.92 Å². The SMILES string of the molecule is CCC(O)[CH-]O.[U]. The molecule has 0 fully saturated rings. The smallest absolute Gasteiger partial charge is 0 e. The summed E-state index contributed by atoms with van der Waals surface area (Å²) in [5.41, 5.74) is 0. The Morgan fingerprint density at radius 2 is 2.14 bits per heavy atom. The van der Waals surface area contributed by atoms with Crippen LogP contribution in [0.15, 0.2) is 0 Å². The van der Waals surface area contributed by atoms with E-state index in [1.807, 2.05) is 0 Å². The molecule has 0 aliphatic heterocycles. The molecule has 3 heteroatoms. The molecule has 0 saturated heterocycles. The van der Waals surface area contributed by atoms with Crippen LogP contribution in [0, 0.1) is 37.7 Å². The Morgan fingerprint density at radius 1 is 1.71 bits per heavy atom. The van der Waals surface area contributed by atoms with Gasteiger partial charge in [0.05, 0.1) is 0 Å². The molecule has 0 aromatic heterocycles. The molecular weight excluding hydrogens is 318 g/mol. The largest absolute Gasteiger partial charge is 0.564 e. The van der Waals surface area contributed by atoms with Crippen molar-refractivity contribution in [2.45, 2.75) is 19.4 Å². The minimum absolute atomic E-state index is 0. The summed E-state index contributed by atoms with van der Waals surface area (Å²) in [6.45, 7) is 2.57. The Hall–Kier alpha value is 0.972. The molecule has 7 heavy (non-hydrogen) atoms. The normalized spacial score (nSPS) is 12.4. The summed E-state index contributed by atoms with van der Waals surface area (Å²) in [6.07, 6.45) is -0.0544. The van der Waals surface area contributed by atoms with Crippen LogP contribution in [0.3, 0.4) is 0 Å². The molecule has 0 bridgehead atoms. The molecule has 0 aromatic rings. The molecule has 1 atom stereocenters. The van der Waals surface area contributed by atoms with Gasteiger partial charge in [-0.3, -0.25) is 0 Å². The van der Waals surface area contributed by atoms with Gasteiger partial charge in [0.25, 0.3) is 0 Å². The summed E-state index contributed by atoms with van der Waals surface area (Å²) < 4.78 is 0. The van der Waals surface area contributed by atoms with Gasteiger partial charge in [-0.25, -0.2) is 0 Å². The molecule has 42 valence electrons. The molecule has 0 saturated carbocycles. The molecule has 1 unspecified atom stereocenters. The standard InChI is InChI=1S/C4H9O2.U/c1-2-4(6)3-5;/h3-6H,2H2,1H3;/q-1;. The summed E-state index contributed by atoms with van der Waals surface area (Å²) in [5.74, 6) is 0. The molecule has 2 N–H and O–H groups in total. The maximum atomic E-state index is 8.36. The number of hydrogen-bond donors (Lipinski definition) is 2. The van der Waals surface area contributed by atoms with E-state index in [1.165, 1.54) is 0 Å². The Balaban J connectivity index is 0.